The Kier molecular flexibility index (Phi) is 5.82. The number of rotatable bonds is 4. The molecule has 1 N–H and O–H groups in total. The molecule has 1 amide bonds. The number of esters is 1. The van der Waals surface area contributed by atoms with E-state index in [2.05, 4.69) is 10.3 Å². The van der Waals surface area contributed by atoms with E-state index < -0.39 is 5.97 Å². The second kappa shape index (κ2) is 8.85. The Morgan fingerprint density at radius 1 is 0.968 bits per heavy atom. The van der Waals surface area contributed by atoms with Gasteiger partial charge in [0.1, 0.15) is 11.1 Å². The number of para-hydroxylation sites is 1. The summed E-state index contributed by atoms with van der Waals surface area (Å²) in [6, 6.07) is 22.4. The number of fused-ring (bicyclic) bond motifs is 1. The highest BCUT2D eigenvalue weighted by Gasteiger charge is 2.13. The van der Waals surface area contributed by atoms with Gasteiger partial charge in [0.05, 0.1) is 18.4 Å². The van der Waals surface area contributed by atoms with Gasteiger partial charge in [-0.1, -0.05) is 29.8 Å². The van der Waals surface area contributed by atoms with Crippen LogP contribution in [0.3, 0.4) is 0 Å². The highest BCUT2D eigenvalue weighted by molar-refractivity contribution is 6.30. The van der Waals surface area contributed by atoms with Gasteiger partial charge in [0.2, 0.25) is 5.55 Å². The van der Waals surface area contributed by atoms with Gasteiger partial charge < -0.3 is 14.5 Å². The zero-order chi connectivity index (χ0) is 21.8. The lowest BCUT2D eigenvalue weighted by atomic mass is 10.1. The first-order valence-electron chi connectivity index (χ1n) is 9.36. The van der Waals surface area contributed by atoms with E-state index in [1.165, 1.54) is 7.11 Å². The highest BCUT2D eigenvalue weighted by Crippen LogP contribution is 2.18. The number of methoxy groups -OCH3 is 1. The molecular formula is C24H17ClN2O4. The molecule has 0 radical (unpaired) electrons. The molecule has 1 heterocycles. The number of nitrogens with zero attached hydrogens (tertiary/aromatic N) is 1. The maximum Gasteiger partial charge on any atom is 0.337 e. The van der Waals surface area contributed by atoms with Crippen LogP contribution in [0, 0.1) is 0 Å². The molecule has 0 aliphatic heterocycles. The number of amides is 1. The minimum absolute atomic E-state index is 0.149. The molecular weight excluding hydrogens is 416 g/mol. The van der Waals surface area contributed by atoms with Crippen LogP contribution in [0.1, 0.15) is 20.7 Å². The fraction of sp³-hybridized carbons (Fsp3) is 0.0417. The van der Waals surface area contributed by atoms with Crippen LogP contribution in [0.25, 0.3) is 11.0 Å². The van der Waals surface area contributed by atoms with E-state index in [0.717, 1.165) is 5.39 Å². The molecule has 1 aromatic heterocycles. The van der Waals surface area contributed by atoms with Gasteiger partial charge in [-0.05, 0) is 60.7 Å². The maximum absolute atomic E-state index is 13.0. The highest BCUT2D eigenvalue weighted by atomic mass is 35.5. The first kappa shape index (κ1) is 20.4. The zero-order valence-electron chi connectivity index (χ0n) is 16.5. The molecule has 0 atom stereocenters. The number of benzene rings is 3. The molecule has 0 aliphatic carbocycles. The number of anilines is 1. The van der Waals surface area contributed by atoms with E-state index in [0.29, 0.717) is 27.5 Å². The van der Waals surface area contributed by atoms with Crippen LogP contribution < -0.4 is 10.9 Å². The third-order valence-corrected chi connectivity index (χ3v) is 4.77. The number of hydrogen-bond donors (Lipinski definition) is 1. The van der Waals surface area contributed by atoms with Crippen LogP contribution in [-0.2, 0) is 4.74 Å². The Hall–Kier alpha value is -3.90. The van der Waals surface area contributed by atoms with E-state index in [4.69, 9.17) is 20.8 Å². The van der Waals surface area contributed by atoms with Gasteiger partial charge in [0.15, 0.2) is 0 Å². The Morgan fingerprint density at radius 3 is 2.39 bits per heavy atom. The number of hydrogen-bond acceptors (Lipinski definition) is 5. The summed E-state index contributed by atoms with van der Waals surface area (Å²) < 4.78 is 10.6. The summed E-state index contributed by atoms with van der Waals surface area (Å²) in [5, 5.41) is 4.17. The maximum atomic E-state index is 13.0. The topological polar surface area (TPSA) is 80.9 Å². The second-order valence-corrected chi connectivity index (χ2v) is 7.05. The molecule has 0 bridgehead atoms. The van der Waals surface area contributed by atoms with Gasteiger partial charge in [-0.15, -0.1) is 0 Å². The van der Waals surface area contributed by atoms with Crippen molar-refractivity contribution in [2.45, 2.75) is 0 Å². The molecule has 4 rings (SSSR count). The normalized spacial score (nSPS) is 11.4. The Morgan fingerprint density at radius 2 is 1.68 bits per heavy atom. The first-order valence-corrected chi connectivity index (χ1v) is 9.74. The molecule has 0 fully saturated rings. The average Bonchev–Trinajstić information content (AvgIpc) is 2.80. The van der Waals surface area contributed by atoms with Gasteiger partial charge in [-0.3, -0.25) is 4.79 Å². The summed E-state index contributed by atoms with van der Waals surface area (Å²) >= 11 is 5.91. The summed E-state index contributed by atoms with van der Waals surface area (Å²) in [4.78, 5) is 29.1. The minimum Gasteiger partial charge on any atom is -0.465 e. The Bertz CT molecular complexity index is 1330. The number of nitrogens with one attached hydrogen (secondary N) is 1. The summed E-state index contributed by atoms with van der Waals surface area (Å²) in [5.41, 5.74) is 2.53. The third-order valence-electron chi connectivity index (χ3n) is 4.52. The number of carbonyl (C=O) groups is 2. The van der Waals surface area contributed by atoms with Crippen molar-refractivity contribution >= 4 is 45.8 Å². The van der Waals surface area contributed by atoms with E-state index in [1.54, 1.807) is 60.7 Å². The first-order chi connectivity index (χ1) is 15.0. The van der Waals surface area contributed by atoms with Crippen molar-refractivity contribution in [3.8, 4) is 0 Å². The van der Waals surface area contributed by atoms with Crippen LogP contribution in [0.5, 0.6) is 0 Å². The second-order valence-electron chi connectivity index (χ2n) is 6.61. The van der Waals surface area contributed by atoms with Crippen molar-refractivity contribution in [2.24, 2.45) is 4.99 Å². The van der Waals surface area contributed by atoms with Gasteiger partial charge in [-0.2, -0.15) is 0 Å². The van der Waals surface area contributed by atoms with Gasteiger partial charge in [0, 0.05) is 16.1 Å². The van der Waals surface area contributed by atoms with Crippen molar-refractivity contribution in [3.63, 3.8) is 0 Å². The zero-order valence-corrected chi connectivity index (χ0v) is 17.2. The van der Waals surface area contributed by atoms with E-state index in [1.807, 2.05) is 18.2 Å². The molecule has 31 heavy (non-hydrogen) atoms. The van der Waals surface area contributed by atoms with Crippen molar-refractivity contribution < 1.29 is 18.7 Å². The lowest BCUT2D eigenvalue weighted by Crippen LogP contribution is -2.21. The van der Waals surface area contributed by atoms with E-state index >= 15 is 0 Å². The summed E-state index contributed by atoms with van der Waals surface area (Å²) in [7, 11) is 1.32. The SMILES string of the molecule is COC(=O)c1ccc(N=c2oc3ccccc3cc2C(=O)Nc2ccc(Cl)cc2)cc1. The van der Waals surface area contributed by atoms with Gasteiger partial charge in [0.25, 0.3) is 5.91 Å². The molecule has 0 spiro atoms. The molecule has 0 saturated carbocycles. The van der Waals surface area contributed by atoms with Crippen molar-refractivity contribution in [3.05, 3.63) is 101 Å². The molecule has 4 aromatic rings. The van der Waals surface area contributed by atoms with Gasteiger partial charge in [-0.25, -0.2) is 9.79 Å². The number of halogens is 1. The Balaban J connectivity index is 1.77. The largest absolute Gasteiger partial charge is 0.465 e. The monoisotopic (exact) mass is 432 g/mol. The summed E-state index contributed by atoms with van der Waals surface area (Å²) in [6.45, 7) is 0. The molecule has 7 heteroatoms. The summed E-state index contributed by atoms with van der Waals surface area (Å²) in [6.07, 6.45) is 0. The molecule has 0 aliphatic rings. The molecule has 0 saturated heterocycles. The molecule has 154 valence electrons. The van der Waals surface area contributed by atoms with Crippen LogP contribution >= 0.6 is 11.6 Å². The van der Waals surface area contributed by atoms with Crippen molar-refractivity contribution in [2.75, 3.05) is 12.4 Å². The Labute approximate surface area is 182 Å². The van der Waals surface area contributed by atoms with Crippen LogP contribution in [0.4, 0.5) is 11.4 Å². The predicted octanol–water partition coefficient (Wildman–Crippen LogP) is 5.36. The number of carbonyl (C=O) groups excluding carboxylic acids is 2. The molecule has 6 nitrogen and oxygen atoms in total. The van der Waals surface area contributed by atoms with E-state index in [-0.39, 0.29) is 17.0 Å². The third kappa shape index (κ3) is 4.65. The fourth-order valence-electron chi connectivity index (χ4n) is 2.95. The summed E-state index contributed by atoms with van der Waals surface area (Å²) in [5.74, 6) is -0.813. The smallest absolute Gasteiger partial charge is 0.337 e. The lowest BCUT2D eigenvalue weighted by molar-refractivity contribution is 0.0600. The predicted molar refractivity (Wildman–Crippen MR) is 119 cm³/mol. The molecule has 3 aromatic carbocycles. The van der Waals surface area contributed by atoms with Crippen molar-refractivity contribution in [1.82, 2.24) is 0 Å². The van der Waals surface area contributed by atoms with Gasteiger partial charge >= 0.3 is 5.97 Å². The fourth-order valence-corrected chi connectivity index (χ4v) is 3.08. The van der Waals surface area contributed by atoms with Crippen LogP contribution in [0.2, 0.25) is 5.02 Å². The van der Waals surface area contributed by atoms with Crippen LogP contribution in [0.15, 0.2) is 88.3 Å². The quantitative estimate of drug-likeness (QED) is 0.440. The minimum atomic E-state index is -0.440. The van der Waals surface area contributed by atoms with E-state index in [9.17, 15) is 9.59 Å². The average molecular weight is 433 g/mol. The number of ether oxygens (including phenoxy) is 1. The van der Waals surface area contributed by atoms with Crippen molar-refractivity contribution in [1.29, 1.82) is 0 Å². The lowest BCUT2D eigenvalue weighted by Gasteiger charge is -2.07. The van der Waals surface area contributed by atoms with Crippen LogP contribution in [-0.4, -0.2) is 19.0 Å². The standard InChI is InChI=1S/C24H17ClN2O4/c1-30-24(29)15-6-10-19(11-7-15)27-23-20(14-16-4-2-3-5-21(16)31-23)22(28)26-18-12-8-17(25)9-13-18/h2-14H,1H3,(H,26,28). The molecule has 0 unspecified atom stereocenters.